The molecule has 1 fully saturated rings. The second kappa shape index (κ2) is 5.04. The van der Waals surface area contributed by atoms with Crippen LogP contribution in [-0.2, 0) is 17.1 Å². The van der Waals surface area contributed by atoms with Crippen LogP contribution in [0.15, 0.2) is 4.90 Å². The molecule has 2 heterocycles. The summed E-state index contributed by atoms with van der Waals surface area (Å²) in [5.74, 6) is 0.0912. The molecule has 114 valence electrons. The molecule has 1 aromatic heterocycles. The van der Waals surface area contributed by atoms with Gasteiger partial charge in [0.05, 0.1) is 5.69 Å². The van der Waals surface area contributed by atoms with E-state index in [-0.39, 0.29) is 16.1 Å². The van der Waals surface area contributed by atoms with Crippen molar-refractivity contribution in [2.75, 3.05) is 18.8 Å². The minimum absolute atomic E-state index is 0.0912. The maximum atomic E-state index is 12.8. The second-order valence-electron chi connectivity index (χ2n) is 6.35. The van der Waals surface area contributed by atoms with Crippen LogP contribution in [0.1, 0.15) is 38.8 Å². The highest BCUT2D eigenvalue weighted by molar-refractivity contribution is 7.89. The SMILES string of the molecule is Cc1c(S(=O)(=O)N2CCCC(C)(C)CC2)c(N)nn1C. The highest BCUT2D eigenvalue weighted by Gasteiger charge is 2.34. The minimum atomic E-state index is -3.55. The highest BCUT2D eigenvalue weighted by Crippen LogP contribution is 2.33. The van der Waals surface area contributed by atoms with Gasteiger partial charge in [-0.05, 0) is 31.6 Å². The molecule has 0 radical (unpaired) electrons. The molecule has 0 amide bonds. The summed E-state index contributed by atoms with van der Waals surface area (Å²) in [6, 6.07) is 0. The molecule has 0 spiro atoms. The van der Waals surface area contributed by atoms with Crippen LogP contribution in [-0.4, -0.2) is 35.6 Å². The lowest BCUT2D eigenvalue weighted by molar-refractivity contribution is 0.315. The fourth-order valence-corrected chi connectivity index (χ4v) is 4.47. The van der Waals surface area contributed by atoms with Gasteiger partial charge in [0.1, 0.15) is 4.90 Å². The van der Waals surface area contributed by atoms with Gasteiger partial charge in [-0.1, -0.05) is 13.8 Å². The zero-order valence-corrected chi connectivity index (χ0v) is 13.5. The van der Waals surface area contributed by atoms with Gasteiger partial charge in [-0.2, -0.15) is 9.40 Å². The van der Waals surface area contributed by atoms with Crippen molar-refractivity contribution >= 4 is 15.8 Å². The van der Waals surface area contributed by atoms with E-state index in [4.69, 9.17) is 5.73 Å². The predicted molar refractivity (Wildman–Crippen MR) is 78.7 cm³/mol. The van der Waals surface area contributed by atoms with Crippen molar-refractivity contribution in [2.45, 2.75) is 44.9 Å². The molecule has 0 aromatic carbocycles. The van der Waals surface area contributed by atoms with Crippen molar-refractivity contribution in [1.82, 2.24) is 14.1 Å². The van der Waals surface area contributed by atoms with Gasteiger partial charge >= 0.3 is 0 Å². The van der Waals surface area contributed by atoms with E-state index in [1.807, 2.05) is 0 Å². The summed E-state index contributed by atoms with van der Waals surface area (Å²) >= 11 is 0. The van der Waals surface area contributed by atoms with Gasteiger partial charge in [-0.15, -0.1) is 0 Å². The third-order valence-electron chi connectivity index (χ3n) is 4.20. The van der Waals surface area contributed by atoms with Gasteiger partial charge < -0.3 is 5.73 Å². The molecule has 1 aliphatic heterocycles. The number of nitrogens with zero attached hydrogens (tertiary/aromatic N) is 3. The molecular weight excluding hydrogens is 276 g/mol. The number of aromatic nitrogens is 2. The molecule has 0 aliphatic carbocycles. The maximum Gasteiger partial charge on any atom is 0.248 e. The van der Waals surface area contributed by atoms with E-state index in [1.165, 1.54) is 4.68 Å². The molecule has 2 rings (SSSR count). The second-order valence-corrected chi connectivity index (χ2v) is 8.22. The van der Waals surface area contributed by atoms with Crippen LogP contribution < -0.4 is 5.73 Å². The molecule has 1 saturated heterocycles. The Morgan fingerprint density at radius 3 is 2.45 bits per heavy atom. The number of rotatable bonds is 2. The summed E-state index contributed by atoms with van der Waals surface area (Å²) in [6.45, 7) is 7.21. The first-order valence-electron chi connectivity index (χ1n) is 6.94. The molecule has 0 atom stereocenters. The highest BCUT2D eigenvalue weighted by atomic mass is 32.2. The first kappa shape index (κ1) is 15.3. The Balaban J connectivity index is 2.35. The topological polar surface area (TPSA) is 81.2 Å². The van der Waals surface area contributed by atoms with E-state index >= 15 is 0 Å². The van der Waals surface area contributed by atoms with Gasteiger partial charge in [-0.3, -0.25) is 4.68 Å². The number of anilines is 1. The van der Waals surface area contributed by atoms with E-state index in [2.05, 4.69) is 18.9 Å². The van der Waals surface area contributed by atoms with Gasteiger partial charge in [-0.25, -0.2) is 8.42 Å². The van der Waals surface area contributed by atoms with Crippen LogP contribution in [0.3, 0.4) is 0 Å². The van der Waals surface area contributed by atoms with Crippen LogP contribution in [0.5, 0.6) is 0 Å². The van der Waals surface area contributed by atoms with Gasteiger partial charge in [0.25, 0.3) is 0 Å². The minimum Gasteiger partial charge on any atom is -0.381 e. The van der Waals surface area contributed by atoms with Crippen molar-refractivity contribution in [3.05, 3.63) is 5.69 Å². The first-order chi connectivity index (χ1) is 9.15. The Bertz CT molecular complexity index is 604. The average molecular weight is 300 g/mol. The number of hydrogen-bond acceptors (Lipinski definition) is 4. The zero-order chi connectivity index (χ0) is 15.1. The van der Waals surface area contributed by atoms with Crippen molar-refractivity contribution < 1.29 is 8.42 Å². The van der Waals surface area contributed by atoms with Gasteiger partial charge in [0.15, 0.2) is 5.82 Å². The lowest BCUT2D eigenvalue weighted by atomic mass is 9.85. The van der Waals surface area contributed by atoms with Crippen LogP contribution in [0, 0.1) is 12.3 Å². The van der Waals surface area contributed by atoms with E-state index in [9.17, 15) is 8.42 Å². The zero-order valence-electron chi connectivity index (χ0n) is 12.7. The summed E-state index contributed by atoms with van der Waals surface area (Å²) in [5, 5.41) is 4.01. The van der Waals surface area contributed by atoms with Crippen LogP contribution in [0.4, 0.5) is 5.82 Å². The van der Waals surface area contributed by atoms with Gasteiger partial charge in [0.2, 0.25) is 10.0 Å². The summed E-state index contributed by atoms with van der Waals surface area (Å²) in [7, 11) is -1.85. The maximum absolute atomic E-state index is 12.8. The third-order valence-corrected chi connectivity index (χ3v) is 6.27. The molecule has 0 bridgehead atoms. The third kappa shape index (κ3) is 2.69. The number of hydrogen-bond donors (Lipinski definition) is 1. The van der Waals surface area contributed by atoms with Crippen molar-refractivity contribution in [3.63, 3.8) is 0 Å². The standard InChI is InChI=1S/C13H24N4O2S/c1-10-11(12(14)15-16(10)4)20(18,19)17-8-5-6-13(2,3)7-9-17/h5-9H2,1-4H3,(H2,14,15). The Hall–Kier alpha value is -1.08. The predicted octanol–water partition coefficient (Wildman–Crippen LogP) is 1.51. The Kier molecular flexibility index (Phi) is 3.85. The van der Waals surface area contributed by atoms with Gasteiger partial charge in [0, 0.05) is 20.1 Å². The molecule has 1 aromatic rings. The molecule has 1 aliphatic rings. The Morgan fingerprint density at radius 2 is 1.90 bits per heavy atom. The van der Waals surface area contributed by atoms with Crippen LogP contribution in [0.2, 0.25) is 0 Å². The van der Waals surface area contributed by atoms with Crippen molar-refractivity contribution in [3.8, 4) is 0 Å². The normalized spacial score (nSPS) is 20.8. The molecule has 7 heteroatoms. The van der Waals surface area contributed by atoms with E-state index in [0.717, 1.165) is 19.3 Å². The number of aryl methyl sites for hydroxylation is 1. The molecule has 0 saturated carbocycles. The molecule has 2 N–H and O–H groups in total. The number of nitrogen functional groups attached to an aromatic ring is 1. The lowest BCUT2D eigenvalue weighted by Gasteiger charge is -2.23. The quantitative estimate of drug-likeness (QED) is 0.897. The summed E-state index contributed by atoms with van der Waals surface area (Å²) < 4.78 is 28.7. The van der Waals surface area contributed by atoms with Crippen molar-refractivity contribution in [2.24, 2.45) is 12.5 Å². The van der Waals surface area contributed by atoms with E-state index in [0.29, 0.717) is 18.8 Å². The summed E-state index contributed by atoms with van der Waals surface area (Å²) in [6.07, 6.45) is 2.79. The number of nitrogens with two attached hydrogens (primary N) is 1. The molecule has 6 nitrogen and oxygen atoms in total. The average Bonchev–Trinajstić information content (AvgIpc) is 2.48. The fourth-order valence-electron chi connectivity index (χ4n) is 2.70. The molecule has 0 unspecified atom stereocenters. The largest absolute Gasteiger partial charge is 0.381 e. The fraction of sp³-hybridized carbons (Fsp3) is 0.769. The smallest absolute Gasteiger partial charge is 0.248 e. The molecular formula is C13H24N4O2S. The Labute approximate surface area is 121 Å². The summed E-state index contributed by atoms with van der Waals surface area (Å²) in [4.78, 5) is 0.166. The monoisotopic (exact) mass is 300 g/mol. The number of sulfonamides is 1. The van der Waals surface area contributed by atoms with E-state index in [1.54, 1.807) is 18.3 Å². The molecule has 20 heavy (non-hydrogen) atoms. The lowest BCUT2D eigenvalue weighted by Crippen LogP contribution is -2.33. The van der Waals surface area contributed by atoms with Crippen LogP contribution in [0.25, 0.3) is 0 Å². The van der Waals surface area contributed by atoms with Crippen LogP contribution >= 0.6 is 0 Å². The summed E-state index contributed by atoms with van der Waals surface area (Å²) in [5.41, 5.74) is 6.57. The Morgan fingerprint density at radius 1 is 1.25 bits per heavy atom. The van der Waals surface area contributed by atoms with E-state index < -0.39 is 10.0 Å². The van der Waals surface area contributed by atoms with Crippen molar-refractivity contribution in [1.29, 1.82) is 0 Å². The first-order valence-corrected chi connectivity index (χ1v) is 8.38.